The van der Waals surface area contributed by atoms with E-state index >= 15 is 0 Å². The van der Waals surface area contributed by atoms with Gasteiger partial charge in [0.25, 0.3) is 0 Å². The standard InChI is InChI=1S/C22H23N/c1-23(2)22-16-10-9-15-20(22)17-21(18-11-5-3-6-12-18)19-13-7-4-8-14-19/h3-16,21H,17H2,1-2H3. The molecule has 23 heavy (non-hydrogen) atoms. The van der Waals surface area contributed by atoms with E-state index in [1.807, 2.05) is 0 Å². The molecule has 0 radical (unpaired) electrons. The zero-order valence-electron chi connectivity index (χ0n) is 13.8. The Bertz CT molecular complexity index is 693. The molecule has 0 heterocycles. The third-order valence-electron chi connectivity index (χ3n) is 4.30. The van der Waals surface area contributed by atoms with Crippen LogP contribution < -0.4 is 4.90 Å². The van der Waals surface area contributed by atoms with Crippen molar-refractivity contribution in [2.75, 3.05) is 19.0 Å². The fourth-order valence-corrected chi connectivity index (χ4v) is 3.14. The quantitative estimate of drug-likeness (QED) is 0.631. The second-order valence-electron chi connectivity index (χ2n) is 6.10. The number of para-hydroxylation sites is 1. The van der Waals surface area contributed by atoms with Crippen molar-refractivity contribution in [1.82, 2.24) is 0 Å². The summed E-state index contributed by atoms with van der Waals surface area (Å²) in [7, 11) is 4.22. The lowest BCUT2D eigenvalue weighted by atomic mass is 9.85. The summed E-state index contributed by atoms with van der Waals surface area (Å²) in [6, 6.07) is 30.3. The SMILES string of the molecule is CN(C)c1ccccc1CC(c1ccccc1)c1ccccc1. The maximum absolute atomic E-state index is 2.24. The highest BCUT2D eigenvalue weighted by Gasteiger charge is 2.16. The van der Waals surface area contributed by atoms with E-state index in [1.54, 1.807) is 0 Å². The first-order valence-electron chi connectivity index (χ1n) is 8.11. The van der Waals surface area contributed by atoms with E-state index in [0.29, 0.717) is 5.92 Å². The van der Waals surface area contributed by atoms with Crippen LogP contribution in [0.15, 0.2) is 84.9 Å². The minimum atomic E-state index is 0.374. The third-order valence-corrected chi connectivity index (χ3v) is 4.30. The van der Waals surface area contributed by atoms with Crippen LogP contribution in [0.3, 0.4) is 0 Å². The highest BCUT2D eigenvalue weighted by Crippen LogP contribution is 2.31. The molecule has 3 aromatic rings. The summed E-state index contributed by atoms with van der Waals surface area (Å²) in [6.45, 7) is 0. The smallest absolute Gasteiger partial charge is 0.0393 e. The number of hydrogen-bond donors (Lipinski definition) is 0. The summed E-state index contributed by atoms with van der Waals surface area (Å²) in [5.74, 6) is 0.374. The Morgan fingerprint density at radius 3 is 1.65 bits per heavy atom. The zero-order valence-corrected chi connectivity index (χ0v) is 13.8. The van der Waals surface area contributed by atoms with Gasteiger partial charge >= 0.3 is 0 Å². The van der Waals surface area contributed by atoms with Gasteiger partial charge in [0.05, 0.1) is 0 Å². The molecule has 0 amide bonds. The fourth-order valence-electron chi connectivity index (χ4n) is 3.14. The molecule has 0 aliphatic rings. The number of nitrogens with zero attached hydrogens (tertiary/aromatic N) is 1. The molecular formula is C22H23N. The lowest BCUT2D eigenvalue weighted by Crippen LogP contribution is -2.13. The van der Waals surface area contributed by atoms with Crippen molar-refractivity contribution in [3.8, 4) is 0 Å². The average Bonchev–Trinajstić information content (AvgIpc) is 2.61. The predicted molar refractivity (Wildman–Crippen MR) is 99.2 cm³/mol. The number of anilines is 1. The van der Waals surface area contributed by atoms with Gasteiger partial charge in [0, 0.05) is 25.7 Å². The predicted octanol–water partition coefficient (Wildman–Crippen LogP) is 5.13. The van der Waals surface area contributed by atoms with Crippen LogP contribution >= 0.6 is 0 Å². The van der Waals surface area contributed by atoms with Gasteiger partial charge in [-0.3, -0.25) is 0 Å². The molecule has 3 rings (SSSR count). The molecular weight excluding hydrogens is 278 g/mol. The summed E-state index contributed by atoms with van der Waals surface area (Å²) < 4.78 is 0. The number of rotatable bonds is 5. The van der Waals surface area contributed by atoms with Crippen molar-refractivity contribution in [2.45, 2.75) is 12.3 Å². The Labute approximate surface area is 139 Å². The van der Waals surface area contributed by atoms with Gasteiger partial charge in [-0.05, 0) is 29.2 Å². The second-order valence-corrected chi connectivity index (χ2v) is 6.10. The van der Waals surface area contributed by atoms with E-state index in [-0.39, 0.29) is 0 Å². The summed E-state index contributed by atoms with van der Waals surface area (Å²) in [4.78, 5) is 2.20. The van der Waals surface area contributed by atoms with E-state index in [2.05, 4.69) is 104 Å². The highest BCUT2D eigenvalue weighted by molar-refractivity contribution is 5.53. The van der Waals surface area contributed by atoms with Gasteiger partial charge in [-0.25, -0.2) is 0 Å². The van der Waals surface area contributed by atoms with Crippen molar-refractivity contribution < 1.29 is 0 Å². The fraction of sp³-hybridized carbons (Fsp3) is 0.182. The van der Waals surface area contributed by atoms with E-state index < -0.39 is 0 Å². The zero-order chi connectivity index (χ0) is 16.1. The first-order valence-corrected chi connectivity index (χ1v) is 8.11. The Morgan fingerprint density at radius 2 is 1.13 bits per heavy atom. The Balaban J connectivity index is 2.01. The van der Waals surface area contributed by atoms with Gasteiger partial charge < -0.3 is 4.90 Å². The van der Waals surface area contributed by atoms with Gasteiger partial charge in [0.2, 0.25) is 0 Å². The van der Waals surface area contributed by atoms with Crippen LogP contribution in [0, 0.1) is 0 Å². The van der Waals surface area contributed by atoms with E-state index in [1.165, 1.54) is 22.4 Å². The lowest BCUT2D eigenvalue weighted by molar-refractivity contribution is 0.802. The van der Waals surface area contributed by atoms with Gasteiger partial charge in [-0.1, -0.05) is 78.9 Å². The van der Waals surface area contributed by atoms with Crippen LogP contribution in [0.5, 0.6) is 0 Å². The molecule has 3 aromatic carbocycles. The summed E-state index contributed by atoms with van der Waals surface area (Å²) >= 11 is 0. The summed E-state index contributed by atoms with van der Waals surface area (Å²) in [5.41, 5.74) is 5.42. The minimum absolute atomic E-state index is 0.374. The normalized spacial score (nSPS) is 10.7. The van der Waals surface area contributed by atoms with Crippen molar-refractivity contribution in [1.29, 1.82) is 0 Å². The van der Waals surface area contributed by atoms with Crippen LogP contribution in [-0.4, -0.2) is 14.1 Å². The second kappa shape index (κ2) is 7.15. The van der Waals surface area contributed by atoms with Crippen molar-refractivity contribution in [3.63, 3.8) is 0 Å². The first kappa shape index (κ1) is 15.4. The molecule has 0 spiro atoms. The molecule has 116 valence electrons. The molecule has 0 aromatic heterocycles. The van der Waals surface area contributed by atoms with E-state index in [4.69, 9.17) is 0 Å². The summed E-state index contributed by atoms with van der Waals surface area (Å²) in [6.07, 6.45) is 1.00. The molecule has 0 atom stereocenters. The number of benzene rings is 3. The molecule has 0 saturated heterocycles. The van der Waals surface area contributed by atoms with Crippen molar-refractivity contribution in [2.24, 2.45) is 0 Å². The van der Waals surface area contributed by atoms with Crippen molar-refractivity contribution in [3.05, 3.63) is 102 Å². The molecule has 0 N–H and O–H groups in total. The van der Waals surface area contributed by atoms with Crippen LogP contribution in [-0.2, 0) is 6.42 Å². The highest BCUT2D eigenvalue weighted by atomic mass is 15.1. The van der Waals surface area contributed by atoms with Gasteiger partial charge in [-0.15, -0.1) is 0 Å². The Morgan fingerprint density at radius 1 is 0.652 bits per heavy atom. The minimum Gasteiger partial charge on any atom is -0.377 e. The van der Waals surface area contributed by atoms with Crippen LogP contribution in [0.4, 0.5) is 5.69 Å². The third kappa shape index (κ3) is 3.62. The molecule has 0 fully saturated rings. The molecule has 0 saturated carbocycles. The molecule has 0 bridgehead atoms. The molecule has 0 aliphatic heterocycles. The first-order chi connectivity index (χ1) is 11.3. The molecule has 0 aliphatic carbocycles. The van der Waals surface area contributed by atoms with Crippen LogP contribution in [0.1, 0.15) is 22.6 Å². The number of hydrogen-bond acceptors (Lipinski definition) is 1. The maximum Gasteiger partial charge on any atom is 0.0393 e. The van der Waals surface area contributed by atoms with Gasteiger partial charge in [0.15, 0.2) is 0 Å². The molecule has 0 unspecified atom stereocenters. The monoisotopic (exact) mass is 301 g/mol. The maximum atomic E-state index is 2.24. The van der Waals surface area contributed by atoms with Crippen molar-refractivity contribution >= 4 is 5.69 Å². The lowest BCUT2D eigenvalue weighted by Gasteiger charge is -2.22. The molecule has 1 heteroatoms. The van der Waals surface area contributed by atoms with E-state index in [0.717, 1.165) is 6.42 Å². The topological polar surface area (TPSA) is 3.24 Å². The van der Waals surface area contributed by atoms with E-state index in [9.17, 15) is 0 Å². The van der Waals surface area contributed by atoms with Crippen LogP contribution in [0.2, 0.25) is 0 Å². The largest absolute Gasteiger partial charge is 0.377 e. The summed E-state index contributed by atoms with van der Waals surface area (Å²) in [5, 5.41) is 0. The average molecular weight is 301 g/mol. The van der Waals surface area contributed by atoms with Gasteiger partial charge in [0.1, 0.15) is 0 Å². The molecule has 1 nitrogen and oxygen atoms in total. The van der Waals surface area contributed by atoms with Crippen LogP contribution in [0.25, 0.3) is 0 Å². The Kier molecular flexibility index (Phi) is 4.77. The van der Waals surface area contributed by atoms with Gasteiger partial charge in [-0.2, -0.15) is 0 Å². The Hall–Kier alpha value is -2.54.